The van der Waals surface area contributed by atoms with Crippen LogP contribution in [0, 0.1) is 11.3 Å². The van der Waals surface area contributed by atoms with Gasteiger partial charge in [-0.1, -0.05) is 5.16 Å². The van der Waals surface area contributed by atoms with Crippen molar-refractivity contribution in [2.45, 2.75) is 18.8 Å². The van der Waals surface area contributed by atoms with E-state index in [-0.39, 0.29) is 0 Å². The van der Waals surface area contributed by atoms with Crippen LogP contribution in [0.2, 0.25) is 0 Å². The van der Waals surface area contributed by atoms with E-state index >= 15 is 0 Å². The molecule has 1 aliphatic heterocycles. The van der Waals surface area contributed by atoms with E-state index in [4.69, 9.17) is 14.5 Å². The third-order valence-electron chi connectivity index (χ3n) is 3.07. The van der Waals surface area contributed by atoms with Gasteiger partial charge in [-0.25, -0.2) is 0 Å². The first-order valence-corrected chi connectivity index (χ1v) is 5.87. The Bertz CT molecular complexity index is 575. The summed E-state index contributed by atoms with van der Waals surface area (Å²) in [6.07, 6.45) is 3.47. The number of H-pyrrole nitrogens is 1. The molecule has 2 aromatic rings. The Kier molecular flexibility index (Phi) is 2.82. The van der Waals surface area contributed by atoms with Crippen molar-refractivity contribution in [1.82, 2.24) is 15.1 Å². The van der Waals surface area contributed by atoms with Crippen molar-refractivity contribution < 1.29 is 9.26 Å². The van der Waals surface area contributed by atoms with Crippen LogP contribution in [0.1, 0.15) is 30.1 Å². The molecule has 1 aliphatic rings. The van der Waals surface area contributed by atoms with Crippen molar-refractivity contribution in [2.75, 3.05) is 13.2 Å². The maximum absolute atomic E-state index is 8.76. The summed E-state index contributed by atoms with van der Waals surface area (Å²) in [5.74, 6) is 1.46. The summed E-state index contributed by atoms with van der Waals surface area (Å²) < 4.78 is 10.5. The van der Waals surface area contributed by atoms with Gasteiger partial charge in [-0.2, -0.15) is 10.2 Å². The van der Waals surface area contributed by atoms with Gasteiger partial charge >= 0.3 is 0 Å². The summed E-state index contributed by atoms with van der Waals surface area (Å²) in [4.78, 5) is 7.32. The highest BCUT2D eigenvalue weighted by Gasteiger charge is 2.22. The van der Waals surface area contributed by atoms with Gasteiger partial charge in [0.25, 0.3) is 5.89 Å². The second kappa shape index (κ2) is 4.63. The third kappa shape index (κ3) is 2.00. The van der Waals surface area contributed by atoms with Crippen LogP contribution in [0.25, 0.3) is 11.6 Å². The summed E-state index contributed by atoms with van der Waals surface area (Å²) >= 11 is 0. The lowest BCUT2D eigenvalue weighted by atomic mass is 10.00. The molecule has 0 bridgehead atoms. The molecule has 0 radical (unpaired) electrons. The average Bonchev–Trinajstić information content (AvgIpc) is 3.08. The number of aromatic amines is 1. The minimum atomic E-state index is 0.307. The van der Waals surface area contributed by atoms with Crippen LogP contribution < -0.4 is 0 Å². The minimum absolute atomic E-state index is 0.307. The highest BCUT2D eigenvalue weighted by molar-refractivity contribution is 5.51. The van der Waals surface area contributed by atoms with E-state index in [1.807, 2.05) is 6.07 Å². The van der Waals surface area contributed by atoms with Crippen LogP contribution in [0.15, 0.2) is 16.8 Å². The normalized spacial score (nSPS) is 16.6. The van der Waals surface area contributed by atoms with Crippen molar-refractivity contribution in [3.63, 3.8) is 0 Å². The van der Waals surface area contributed by atoms with E-state index < -0.39 is 0 Å². The Morgan fingerprint density at radius 3 is 2.94 bits per heavy atom. The monoisotopic (exact) mass is 244 g/mol. The Balaban J connectivity index is 1.82. The lowest BCUT2D eigenvalue weighted by Gasteiger charge is -2.18. The number of rotatable bonds is 2. The van der Waals surface area contributed by atoms with Crippen LogP contribution in [0.3, 0.4) is 0 Å². The highest BCUT2D eigenvalue weighted by Crippen LogP contribution is 2.26. The molecule has 0 aliphatic carbocycles. The molecular weight excluding hydrogens is 232 g/mol. The number of nitrogens with one attached hydrogen (secondary N) is 1. The maximum atomic E-state index is 8.76. The van der Waals surface area contributed by atoms with E-state index in [1.165, 1.54) is 0 Å². The van der Waals surface area contributed by atoms with Crippen LogP contribution in [-0.4, -0.2) is 28.3 Å². The summed E-state index contributed by atoms with van der Waals surface area (Å²) in [5, 5.41) is 12.8. The van der Waals surface area contributed by atoms with Gasteiger partial charge in [0.1, 0.15) is 11.8 Å². The molecule has 0 atom stereocenters. The Hall–Kier alpha value is -2.13. The Morgan fingerprint density at radius 1 is 1.39 bits per heavy atom. The molecule has 18 heavy (non-hydrogen) atoms. The van der Waals surface area contributed by atoms with Gasteiger partial charge in [-0.05, 0) is 18.9 Å². The van der Waals surface area contributed by atoms with Crippen LogP contribution in [-0.2, 0) is 4.74 Å². The summed E-state index contributed by atoms with van der Waals surface area (Å²) in [7, 11) is 0. The minimum Gasteiger partial charge on any atom is -0.381 e. The molecule has 92 valence electrons. The number of hydrogen-bond donors (Lipinski definition) is 1. The molecule has 6 nitrogen and oxygen atoms in total. The maximum Gasteiger partial charge on any atom is 0.274 e. The third-order valence-corrected chi connectivity index (χ3v) is 3.07. The molecule has 3 heterocycles. The van der Waals surface area contributed by atoms with Crippen LogP contribution in [0.5, 0.6) is 0 Å². The molecule has 0 amide bonds. The predicted octanol–water partition coefficient (Wildman–Crippen LogP) is 1.83. The van der Waals surface area contributed by atoms with Crippen LogP contribution in [0.4, 0.5) is 0 Å². The van der Waals surface area contributed by atoms with Crippen molar-refractivity contribution in [3.8, 4) is 17.7 Å². The van der Waals surface area contributed by atoms with Crippen LogP contribution >= 0.6 is 0 Å². The average molecular weight is 244 g/mol. The zero-order valence-electron chi connectivity index (χ0n) is 9.72. The molecule has 1 saturated heterocycles. The molecule has 1 fully saturated rings. The van der Waals surface area contributed by atoms with E-state index in [2.05, 4.69) is 15.1 Å². The summed E-state index contributed by atoms with van der Waals surface area (Å²) in [6, 6.07) is 3.75. The van der Waals surface area contributed by atoms with Crippen molar-refractivity contribution in [1.29, 1.82) is 5.26 Å². The first-order valence-electron chi connectivity index (χ1n) is 5.87. The molecule has 3 rings (SSSR count). The second-order valence-corrected chi connectivity index (χ2v) is 4.26. The molecule has 0 unspecified atom stereocenters. The first kappa shape index (κ1) is 11.0. The lowest BCUT2D eigenvalue weighted by Crippen LogP contribution is -2.15. The van der Waals surface area contributed by atoms with Gasteiger partial charge in [0, 0.05) is 25.3 Å². The van der Waals surface area contributed by atoms with Gasteiger partial charge in [0.15, 0.2) is 5.82 Å². The van der Waals surface area contributed by atoms with Gasteiger partial charge < -0.3 is 14.2 Å². The predicted molar refractivity (Wildman–Crippen MR) is 61.6 cm³/mol. The Morgan fingerprint density at radius 2 is 2.22 bits per heavy atom. The van der Waals surface area contributed by atoms with Gasteiger partial charge in [-0.3, -0.25) is 0 Å². The molecule has 0 spiro atoms. The quantitative estimate of drug-likeness (QED) is 0.870. The highest BCUT2D eigenvalue weighted by atomic mass is 16.5. The fourth-order valence-corrected chi connectivity index (χ4v) is 2.05. The van der Waals surface area contributed by atoms with Gasteiger partial charge in [0.2, 0.25) is 0 Å². The van der Waals surface area contributed by atoms with E-state index in [0.29, 0.717) is 23.1 Å². The molecule has 0 saturated carbocycles. The number of hydrogen-bond acceptors (Lipinski definition) is 5. The second-order valence-electron chi connectivity index (χ2n) is 4.26. The number of nitrogens with zero attached hydrogens (tertiary/aromatic N) is 3. The smallest absolute Gasteiger partial charge is 0.274 e. The number of aromatic nitrogens is 3. The number of nitriles is 1. The molecule has 2 aromatic heterocycles. The zero-order valence-corrected chi connectivity index (χ0v) is 9.72. The van der Waals surface area contributed by atoms with E-state index in [9.17, 15) is 0 Å². The van der Waals surface area contributed by atoms with Gasteiger partial charge in [0.05, 0.1) is 5.56 Å². The Labute approximate surface area is 104 Å². The van der Waals surface area contributed by atoms with Crippen molar-refractivity contribution in [3.05, 3.63) is 23.7 Å². The molecule has 6 heteroatoms. The summed E-state index contributed by atoms with van der Waals surface area (Å²) in [5.41, 5.74) is 1.23. The van der Waals surface area contributed by atoms with E-state index in [0.717, 1.165) is 31.9 Å². The van der Waals surface area contributed by atoms with Crippen molar-refractivity contribution in [2.24, 2.45) is 0 Å². The standard InChI is InChI=1S/C12H12N4O2/c13-6-8-5-10(14-7-8)12-15-11(16-18-12)9-1-3-17-4-2-9/h5,7,9,14H,1-4H2. The zero-order chi connectivity index (χ0) is 12.4. The summed E-state index contributed by atoms with van der Waals surface area (Å²) in [6.45, 7) is 1.49. The fraction of sp³-hybridized carbons (Fsp3) is 0.417. The van der Waals surface area contributed by atoms with E-state index in [1.54, 1.807) is 12.3 Å². The SMILES string of the molecule is N#Cc1c[nH]c(-c2nc(C3CCOCC3)no2)c1. The van der Waals surface area contributed by atoms with Crippen molar-refractivity contribution >= 4 is 0 Å². The molecule has 0 aromatic carbocycles. The lowest BCUT2D eigenvalue weighted by molar-refractivity contribution is 0.0830. The van der Waals surface area contributed by atoms with Gasteiger partial charge in [-0.15, -0.1) is 0 Å². The topological polar surface area (TPSA) is 87.7 Å². The largest absolute Gasteiger partial charge is 0.381 e. The first-order chi connectivity index (χ1) is 8.86. The molecule has 1 N–H and O–H groups in total. The molecular formula is C12H12N4O2. The fourth-order valence-electron chi connectivity index (χ4n) is 2.05. The number of ether oxygens (including phenoxy) is 1.